The van der Waals surface area contributed by atoms with Crippen LogP contribution in [0.1, 0.15) is 24.4 Å². The Balaban J connectivity index is 1.70. The monoisotopic (exact) mass is 347 g/mol. The standard InChI is InChI=1S/C17H21N3O3S/c1-20-17(14-8-9-18-15-5-3-2-4-13(14)15)16(11-23-20)24(21,22)19-10-12-6-7-12/h2-5,8-9,12,16-17,19H,6-7,10-11H2,1H3. The fourth-order valence-electron chi connectivity index (χ4n) is 3.29. The van der Waals surface area contributed by atoms with E-state index in [0.717, 1.165) is 29.3 Å². The van der Waals surface area contributed by atoms with Gasteiger partial charge in [0, 0.05) is 25.2 Å². The zero-order chi connectivity index (χ0) is 16.7. The van der Waals surface area contributed by atoms with Crippen molar-refractivity contribution in [2.45, 2.75) is 24.1 Å². The van der Waals surface area contributed by atoms with E-state index in [1.54, 1.807) is 18.3 Å². The van der Waals surface area contributed by atoms with E-state index in [1.165, 1.54) is 0 Å². The van der Waals surface area contributed by atoms with Gasteiger partial charge in [0.1, 0.15) is 5.25 Å². The Hall–Kier alpha value is -1.54. The Morgan fingerprint density at radius 1 is 1.29 bits per heavy atom. The average Bonchev–Trinajstić information content (AvgIpc) is 3.33. The lowest BCUT2D eigenvalue weighted by molar-refractivity contribution is -0.110. The summed E-state index contributed by atoms with van der Waals surface area (Å²) in [7, 11) is -1.66. The molecule has 1 aliphatic carbocycles. The second-order valence-corrected chi connectivity index (χ2v) is 8.56. The fraction of sp³-hybridized carbons (Fsp3) is 0.471. The second-order valence-electron chi connectivity index (χ2n) is 6.58. The number of nitrogens with zero attached hydrogens (tertiary/aromatic N) is 2. The maximum Gasteiger partial charge on any atom is 0.218 e. The zero-order valence-corrected chi connectivity index (χ0v) is 14.4. The highest BCUT2D eigenvalue weighted by molar-refractivity contribution is 7.90. The molecule has 0 amide bonds. The summed E-state index contributed by atoms with van der Waals surface area (Å²) >= 11 is 0. The molecule has 2 aliphatic rings. The number of para-hydroxylation sites is 1. The van der Waals surface area contributed by atoms with E-state index in [4.69, 9.17) is 4.84 Å². The van der Waals surface area contributed by atoms with E-state index in [-0.39, 0.29) is 12.6 Å². The summed E-state index contributed by atoms with van der Waals surface area (Å²) in [6.45, 7) is 0.699. The molecule has 1 aromatic heterocycles. The molecule has 0 bridgehead atoms. The molecule has 2 heterocycles. The van der Waals surface area contributed by atoms with Gasteiger partial charge in [-0.3, -0.25) is 9.82 Å². The van der Waals surface area contributed by atoms with Gasteiger partial charge in [-0.1, -0.05) is 18.2 Å². The van der Waals surface area contributed by atoms with Gasteiger partial charge in [0.25, 0.3) is 0 Å². The molecule has 2 fully saturated rings. The van der Waals surface area contributed by atoms with Gasteiger partial charge in [-0.05, 0) is 36.5 Å². The van der Waals surface area contributed by atoms with Crippen LogP contribution in [0.2, 0.25) is 0 Å². The van der Waals surface area contributed by atoms with E-state index in [1.807, 2.05) is 30.3 Å². The van der Waals surface area contributed by atoms with Crippen molar-refractivity contribution in [2.75, 3.05) is 20.2 Å². The van der Waals surface area contributed by atoms with Crippen molar-refractivity contribution < 1.29 is 13.3 Å². The molecule has 1 saturated heterocycles. The van der Waals surface area contributed by atoms with E-state index in [0.29, 0.717) is 12.5 Å². The molecule has 128 valence electrons. The molecule has 0 spiro atoms. The lowest BCUT2D eigenvalue weighted by Gasteiger charge is -2.24. The van der Waals surface area contributed by atoms with Crippen molar-refractivity contribution in [2.24, 2.45) is 5.92 Å². The quantitative estimate of drug-likeness (QED) is 0.894. The highest BCUT2D eigenvalue weighted by Gasteiger charge is 2.44. The van der Waals surface area contributed by atoms with Crippen molar-refractivity contribution in [1.82, 2.24) is 14.8 Å². The first-order valence-electron chi connectivity index (χ1n) is 8.24. The Kier molecular flexibility index (Phi) is 4.04. The maximum atomic E-state index is 12.8. The molecule has 2 atom stereocenters. The van der Waals surface area contributed by atoms with Gasteiger partial charge in [-0.25, -0.2) is 13.1 Å². The number of nitrogens with one attached hydrogen (secondary N) is 1. The summed E-state index contributed by atoms with van der Waals surface area (Å²) in [5.74, 6) is 0.500. The van der Waals surface area contributed by atoms with Crippen molar-refractivity contribution in [3.05, 3.63) is 42.1 Å². The third-order valence-corrected chi connectivity index (χ3v) is 6.62. The molecule has 0 radical (unpaired) electrons. The summed E-state index contributed by atoms with van der Waals surface area (Å²) in [5, 5.41) is 1.99. The fourth-order valence-corrected chi connectivity index (χ4v) is 4.87. The molecule has 6 nitrogen and oxygen atoms in total. The molecule has 24 heavy (non-hydrogen) atoms. The summed E-state index contributed by atoms with van der Waals surface area (Å²) in [6, 6.07) is 9.32. The van der Waals surface area contributed by atoms with Crippen molar-refractivity contribution in [1.29, 1.82) is 0 Å². The van der Waals surface area contributed by atoms with Crippen molar-refractivity contribution >= 4 is 20.9 Å². The number of hydroxylamine groups is 2. The lowest BCUT2D eigenvalue weighted by atomic mass is 10.00. The smallest absolute Gasteiger partial charge is 0.218 e. The highest BCUT2D eigenvalue weighted by atomic mass is 32.2. The topological polar surface area (TPSA) is 71.5 Å². The molecular formula is C17H21N3O3S. The first-order chi connectivity index (χ1) is 11.6. The lowest BCUT2D eigenvalue weighted by Crippen LogP contribution is -2.40. The predicted octanol–water partition coefficient (Wildman–Crippen LogP) is 1.85. The molecular weight excluding hydrogens is 326 g/mol. The molecule has 2 unspecified atom stereocenters. The largest absolute Gasteiger partial charge is 0.297 e. The van der Waals surface area contributed by atoms with Crippen LogP contribution >= 0.6 is 0 Å². The minimum atomic E-state index is -3.45. The number of fused-ring (bicyclic) bond motifs is 1. The Morgan fingerprint density at radius 2 is 2.08 bits per heavy atom. The van der Waals surface area contributed by atoms with Crippen molar-refractivity contribution in [3.8, 4) is 0 Å². The third kappa shape index (κ3) is 2.93. The van der Waals surface area contributed by atoms with Crippen LogP contribution in [0.5, 0.6) is 0 Å². The van der Waals surface area contributed by atoms with E-state index in [2.05, 4.69) is 9.71 Å². The number of sulfonamides is 1. The van der Waals surface area contributed by atoms with Crippen LogP contribution in [0, 0.1) is 5.92 Å². The first-order valence-corrected chi connectivity index (χ1v) is 9.79. The predicted molar refractivity (Wildman–Crippen MR) is 91.6 cm³/mol. The van der Waals surface area contributed by atoms with E-state index < -0.39 is 15.3 Å². The van der Waals surface area contributed by atoms with E-state index >= 15 is 0 Å². The number of pyridine rings is 1. The molecule has 4 rings (SSSR count). The van der Waals surface area contributed by atoms with Gasteiger partial charge >= 0.3 is 0 Å². The summed E-state index contributed by atoms with van der Waals surface area (Å²) in [6.07, 6.45) is 3.95. The molecule has 1 saturated carbocycles. The van der Waals surface area contributed by atoms with Gasteiger partial charge < -0.3 is 0 Å². The SMILES string of the molecule is CN1OCC(S(=O)(=O)NCC2CC2)C1c1ccnc2ccccc12. The van der Waals surface area contributed by atoms with Gasteiger partial charge in [-0.2, -0.15) is 5.06 Å². The van der Waals surface area contributed by atoms with Gasteiger partial charge in [0.05, 0.1) is 18.2 Å². The summed E-state index contributed by atoms with van der Waals surface area (Å²) in [4.78, 5) is 9.95. The van der Waals surface area contributed by atoms with Crippen LogP contribution in [-0.2, 0) is 14.9 Å². The van der Waals surface area contributed by atoms with Gasteiger partial charge in [0.2, 0.25) is 10.0 Å². The molecule has 7 heteroatoms. The second kappa shape index (κ2) is 6.07. The van der Waals surface area contributed by atoms with Gasteiger partial charge in [-0.15, -0.1) is 0 Å². The van der Waals surface area contributed by atoms with Crippen LogP contribution in [-0.4, -0.2) is 43.9 Å². The van der Waals surface area contributed by atoms with Crippen molar-refractivity contribution in [3.63, 3.8) is 0 Å². The minimum absolute atomic E-state index is 0.165. The first kappa shape index (κ1) is 16.0. The van der Waals surface area contributed by atoms with E-state index in [9.17, 15) is 8.42 Å². The third-order valence-electron chi connectivity index (χ3n) is 4.86. The molecule has 2 aromatic rings. The maximum absolute atomic E-state index is 12.8. The molecule has 1 aromatic carbocycles. The van der Waals surface area contributed by atoms with Crippen LogP contribution in [0.3, 0.4) is 0 Å². The number of rotatable bonds is 5. The number of benzene rings is 1. The Morgan fingerprint density at radius 3 is 2.88 bits per heavy atom. The van der Waals surface area contributed by atoms with Crippen LogP contribution in [0.4, 0.5) is 0 Å². The molecule has 1 aliphatic heterocycles. The van der Waals surface area contributed by atoms with Crippen LogP contribution in [0.25, 0.3) is 10.9 Å². The summed E-state index contributed by atoms with van der Waals surface area (Å²) < 4.78 is 28.4. The van der Waals surface area contributed by atoms with Gasteiger partial charge in [0.15, 0.2) is 0 Å². The zero-order valence-electron chi connectivity index (χ0n) is 13.6. The Labute approximate surface area is 141 Å². The highest BCUT2D eigenvalue weighted by Crippen LogP contribution is 2.36. The Bertz CT molecular complexity index is 846. The number of hydrogen-bond donors (Lipinski definition) is 1. The summed E-state index contributed by atoms with van der Waals surface area (Å²) in [5.41, 5.74) is 1.79. The number of aromatic nitrogens is 1. The number of hydrogen-bond acceptors (Lipinski definition) is 5. The minimum Gasteiger partial charge on any atom is -0.297 e. The molecule has 1 N–H and O–H groups in total. The van der Waals surface area contributed by atoms with Crippen LogP contribution in [0.15, 0.2) is 36.5 Å². The van der Waals surface area contributed by atoms with Crippen LogP contribution < -0.4 is 4.72 Å². The normalized spacial score (nSPS) is 25.4. The average molecular weight is 347 g/mol.